The van der Waals surface area contributed by atoms with Gasteiger partial charge >= 0.3 is 5.97 Å². The molecule has 0 unspecified atom stereocenters. The molecule has 1 aromatic carbocycles. The third-order valence-electron chi connectivity index (χ3n) is 2.13. The van der Waals surface area contributed by atoms with Crippen LogP contribution in [0.15, 0.2) is 29.2 Å². The van der Waals surface area contributed by atoms with Crippen molar-refractivity contribution in [3.63, 3.8) is 0 Å². The van der Waals surface area contributed by atoms with Crippen LogP contribution in [-0.2, 0) is 14.8 Å². The number of hydrogen-bond donors (Lipinski definition) is 3. The largest absolute Gasteiger partial charge is 0.482 e. The maximum absolute atomic E-state index is 11.8. The molecule has 3 N–H and O–H groups in total. The fraction of sp³-hybridized carbons (Fsp3) is 0.364. The predicted molar refractivity (Wildman–Crippen MR) is 66.4 cm³/mol. The molecule has 0 amide bonds. The van der Waals surface area contributed by atoms with Gasteiger partial charge in [0, 0.05) is 6.04 Å². The zero-order chi connectivity index (χ0) is 14.5. The molecule has 0 aliphatic heterocycles. The number of ether oxygens (including phenoxy) is 1. The predicted octanol–water partition coefficient (Wildman–Crippen LogP) is -0.191. The molecule has 19 heavy (non-hydrogen) atoms. The summed E-state index contributed by atoms with van der Waals surface area (Å²) in [6.45, 7) is 0.729. The Morgan fingerprint density at radius 2 is 1.95 bits per heavy atom. The van der Waals surface area contributed by atoms with Crippen molar-refractivity contribution < 1.29 is 28.2 Å². The van der Waals surface area contributed by atoms with Crippen LogP contribution in [0.4, 0.5) is 0 Å². The van der Waals surface area contributed by atoms with Crippen LogP contribution in [0.1, 0.15) is 6.92 Å². The molecular weight excluding hydrogens is 274 g/mol. The van der Waals surface area contributed by atoms with E-state index in [1.54, 1.807) is 0 Å². The number of sulfonamides is 1. The minimum atomic E-state index is -3.70. The van der Waals surface area contributed by atoms with E-state index >= 15 is 0 Å². The van der Waals surface area contributed by atoms with E-state index in [4.69, 9.17) is 14.9 Å². The molecule has 0 heterocycles. The van der Waals surface area contributed by atoms with Gasteiger partial charge in [-0.2, -0.15) is 0 Å². The number of aliphatic hydroxyl groups excluding tert-OH is 1. The van der Waals surface area contributed by atoms with Gasteiger partial charge in [0.15, 0.2) is 6.61 Å². The van der Waals surface area contributed by atoms with Crippen LogP contribution in [0.3, 0.4) is 0 Å². The molecule has 0 spiro atoms. The summed E-state index contributed by atoms with van der Waals surface area (Å²) in [5.74, 6) is -0.855. The molecule has 0 radical (unpaired) electrons. The summed E-state index contributed by atoms with van der Waals surface area (Å²) in [5.41, 5.74) is 0. The highest BCUT2D eigenvalue weighted by Gasteiger charge is 2.16. The van der Waals surface area contributed by atoms with Crippen LogP contribution in [0.25, 0.3) is 0 Å². The van der Waals surface area contributed by atoms with Gasteiger partial charge in [0.05, 0.1) is 11.5 Å². The summed E-state index contributed by atoms with van der Waals surface area (Å²) in [5, 5.41) is 17.2. The zero-order valence-electron chi connectivity index (χ0n) is 10.2. The van der Waals surface area contributed by atoms with Gasteiger partial charge in [-0.1, -0.05) is 0 Å². The summed E-state index contributed by atoms with van der Waals surface area (Å²) in [6, 6.07) is 4.73. The highest BCUT2D eigenvalue weighted by atomic mass is 32.2. The Morgan fingerprint density at radius 1 is 1.37 bits per heavy atom. The topological polar surface area (TPSA) is 113 Å². The first-order valence-electron chi connectivity index (χ1n) is 5.43. The lowest BCUT2D eigenvalue weighted by Gasteiger charge is -2.11. The van der Waals surface area contributed by atoms with E-state index in [-0.39, 0.29) is 17.3 Å². The lowest BCUT2D eigenvalue weighted by atomic mass is 10.3. The molecule has 1 rings (SSSR count). The Labute approximate surface area is 110 Å². The van der Waals surface area contributed by atoms with E-state index in [1.807, 2.05) is 0 Å². The number of nitrogens with one attached hydrogen (secondary N) is 1. The molecule has 106 valence electrons. The molecule has 0 fully saturated rings. The summed E-state index contributed by atoms with van der Waals surface area (Å²) < 4.78 is 30.8. The van der Waals surface area contributed by atoms with Crippen LogP contribution >= 0.6 is 0 Å². The van der Waals surface area contributed by atoms with Gasteiger partial charge in [0.25, 0.3) is 0 Å². The van der Waals surface area contributed by atoms with Gasteiger partial charge in [-0.3, -0.25) is 0 Å². The van der Waals surface area contributed by atoms with Crippen LogP contribution in [0.2, 0.25) is 0 Å². The molecule has 1 atom stereocenters. The first-order valence-corrected chi connectivity index (χ1v) is 6.91. The Kier molecular flexibility index (Phi) is 5.28. The highest BCUT2D eigenvalue weighted by Crippen LogP contribution is 2.16. The Bertz CT molecular complexity index is 525. The standard InChI is InChI=1S/C11H15NO6S/c1-8(6-13)12-19(16,17)10-4-2-9(3-5-10)18-7-11(14)15/h2-5,8,12-13H,6-7H2,1H3,(H,14,15)/t8-/m1/s1. The van der Waals surface area contributed by atoms with Crippen LogP contribution < -0.4 is 9.46 Å². The van der Waals surface area contributed by atoms with Crippen molar-refractivity contribution in [1.29, 1.82) is 0 Å². The van der Waals surface area contributed by atoms with Gasteiger partial charge in [-0.15, -0.1) is 0 Å². The number of carboxylic acids is 1. The number of benzene rings is 1. The lowest BCUT2D eigenvalue weighted by Crippen LogP contribution is -2.34. The van der Waals surface area contributed by atoms with Crippen molar-refractivity contribution in [3.8, 4) is 5.75 Å². The molecule has 0 aliphatic carbocycles. The molecule has 0 aliphatic rings. The summed E-state index contributed by atoms with van der Waals surface area (Å²) >= 11 is 0. The van der Waals surface area contributed by atoms with Gasteiger partial charge in [0.1, 0.15) is 5.75 Å². The van der Waals surface area contributed by atoms with Crippen molar-refractivity contribution in [3.05, 3.63) is 24.3 Å². The van der Waals surface area contributed by atoms with Crippen LogP contribution in [0.5, 0.6) is 5.75 Å². The number of hydrogen-bond acceptors (Lipinski definition) is 5. The van der Waals surface area contributed by atoms with E-state index in [0.717, 1.165) is 0 Å². The van der Waals surface area contributed by atoms with Crippen molar-refractivity contribution in [2.24, 2.45) is 0 Å². The highest BCUT2D eigenvalue weighted by molar-refractivity contribution is 7.89. The fourth-order valence-electron chi connectivity index (χ4n) is 1.23. The van der Waals surface area contributed by atoms with Gasteiger partial charge in [0.2, 0.25) is 10.0 Å². The molecule has 0 bridgehead atoms. The van der Waals surface area contributed by atoms with E-state index in [0.29, 0.717) is 0 Å². The number of rotatable bonds is 7. The van der Waals surface area contributed by atoms with E-state index in [9.17, 15) is 13.2 Å². The van der Waals surface area contributed by atoms with Gasteiger partial charge in [-0.25, -0.2) is 17.9 Å². The molecule has 7 nitrogen and oxygen atoms in total. The molecule has 0 saturated carbocycles. The third kappa shape index (κ3) is 4.86. The van der Waals surface area contributed by atoms with Gasteiger partial charge < -0.3 is 14.9 Å². The smallest absolute Gasteiger partial charge is 0.341 e. The fourth-order valence-corrected chi connectivity index (χ4v) is 2.46. The number of carbonyl (C=O) groups is 1. The van der Waals surface area contributed by atoms with Crippen molar-refractivity contribution in [2.45, 2.75) is 17.9 Å². The monoisotopic (exact) mass is 289 g/mol. The maximum Gasteiger partial charge on any atom is 0.341 e. The second-order valence-corrected chi connectivity index (χ2v) is 5.57. The Balaban J connectivity index is 2.77. The van der Waals surface area contributed by atoms with Crippen LogP contribution in [0, 0.1) is 0 Å². The average molecular weight is 289 g/mol. The van der Waals surface area contributed by atoms with E-state index in [1.165, 1.54) is 31.2 Å². The summed E-state index contributed by atoms with van der Waals surface area (Å²) in [7, 11) is -3.70. The number of carboxylic acid groups (broad SMARTS) is 1. The maximum atomic E-state index is 11.8. The normalized spacial score (nSPS) is 12.9. The zero-order valence-corrected chi connectivity index (χ0v) is 11.1. The minimum Gasteiger partial charge on any atom is -0.482 e. The SMILES string of the molecule is C[C@H](CO)NS(=O)(=O)c1ccc(OCC(=O)O)cc1. The second-order valence-electron chi connectivity index (χ2n) is 3.86. The number of aliphatic hydroxyl groups is 1. The van der Waals surface area contributed by atoms with Crippen molar-refractivity contribution >= 4 is 16.0 Å². The summed E-state index contributed by atoms with van der Waals surface area (Å²) in [6.07, 6.45) is 0. The molecule has 0 aromatic heterocycles. The van der Waals surface area contributed by atoms with E-state index in [2.05, 4.69) is 4.72 Å². The summed E-state index contributed by atoms with van der Waals surface area (Å²) in [4.78, 5) is 10.3. The van der Waals surface area contributed by atoms with Gasteiger partial charge in [-0.05, 0) is 31.2 Å². The third-order valence-corrected chi connectivity index (χ3v) is 3.73. The Morgan fingerprint density at radius 3 is 2.42 bits per heavy atom. The average Bonchev–Trinajstić information content (AvgIpc) is 2.36. The molecule has 0 saturated heterocycles. The molecule has 8 heteroatoms. The lowest BCUT2D eigenvalue weighted by molar-refractivity contribution is -0.139. The number of aliphatic carboxylic acids is 1. The van der Waals surface area contributed by atoms with Crippen LogP contribution in [-0.4, -0.2) is 43.9 Å². The second kappa shape index (κ2) is 6.50. The quantitative estimate of drug-likeness (QED) is 0.641. The molecular formula is C11H15NO6S. The van der Waals surface area contributed by atoms with Crippen molar-refractivity contribution in [1.82, 2.24) is 4.72 Å². The first kappa shape index (κ1) is 15.4. The Hall–Kier alpha value is -1.64. The minimum absolute atomic E-state index is 0.00970. The van der Waals surface area contributed by atoms with Crippen molar-refractivity contribution in [2.75, 3.05) is 13.2 Å². The van der Waals surface area contributed by atoms with E-state index < -0.39 is 28.6 Å². The first-order chi connectivity index (χ1) is 8.85. The molecule has 1 aromatic rings.